The Bertz CT molecular complexity index is 470. The van der Waals surface area contributed by atoms with Crippen LogP contribution in [0.15, 0.2) is 23.3 Å². The molecule has 2 rings (SSSR count). The van der Waals surface area contributed by atoms with Crippen LogP contribution in [-0.2, 0) is 6.42 Å². The Labute approximate surface area is 135 Å². The van der Waals surface area contributed by atoms with Crippen molar-refractivity contribution in [2.45, 2.75) is 40.5 Å². The zero-order valence-corrected chi connectivity index (χ0v) is 14.5. The summed E-state index contributed by atoms with van der Waals surface area (Å²) in [7, 11) is 0. The molecular formula is C18H30N4. The van der Waals surface area contributed by atoms with Gasteiger partial charge in [0.25, 0.3) is 0 Å². The number of aliphatic imine (C=N–C) groups is 1. The third kappa shape index (κ3) is 5.00. The highest BCUT2D eigenvalue weighted by atomic mass is 15.3. The van der Waals surface area contributed by atoms with Crippen LogP contribution in [0.2, 0.25) is 0 Å². The SMILES string of the molecule is CCNC(=NCCc1ccc(C)nc1)N1CC(C)CC(C)C1. The van der Waals surface area contributed by atoms with Gasteiger partial charge in [-0.05, 0) is 50.2 Å². The summed E-state index contributed by atoms with van der Waals surface area (Å²) in [6.45, 7) is 12.8. The van der Waals surface area contributed by atoms with Crippen molar-refractivity contribution in [2.24, 2.45) is 16.8 Å². The van der Waals surface area contributed by atoms with E-state index < -0.39 is 0 Å². The van der Waals surface area contributed by atoms with Crippen molar-refractivity contribution in [2.75, 3.05) is 26.2 Å². The predicted octanol–water partition coefficient (Wildman–Crippen LogP) is 2.88. The van der Waals surface area contributed by atoms with Crippen LogP contribution in [0.3, 0.4) is 0 Å². The van der Waals surface area contributed by atoms with Gasteiger partial charge in [0, 0.05) is 38.1 Å². The average molecular weight is 302 g/mol. The summed E-state index contributed by atoms with van der Waals surface area (Å²) in [6.07, 6.45) is 4.23. The van der Waals surface area contributed by atoms with Crippen LogP contribution in [0, 0.1) is 18.8 Å². The van der Waals surface area contributed by atoms with E-state index in [0.29, 0.717) is 0 Å². The van der Waals surface area contributed by atoms with Crippen molar-refractivity contribution in [3.63, 3.8) is 0 Å². The zero-order valence-electron chi connectivity index (χ0n) is 14.5. The monoisotopic (exact) mass is 302 g/mol. The van der Waals surface area contributed by atoms with Gasteiger partial charge in [-0.2, -0.15) is 0 Å². The number of nitrogens with one attached hydrogen (secondary N) is 1. The van der Waals surface area contributed by atoms with E-state index in [4.69, 9.17) is 4.99 Å². The lowest BCUT2D eigenvalue weighted by Crippen LogP contribution is -2.48. The van der Waals surface area contributed by atoms with Crippen LogP contribution in [0.1, 0.15) is 38.4 Å². The van der Waals surface area contributed by atoms with Gasteiger partial charge in [-0.1, -0.05) is 19.9 Å². The van der Waals surface area contributed by atoms with Crippen molar-refractivity contribution >= 4 is 5.96 Å². The maximum absolute atomic E-state index is 4.83. The van der Waals surface area contributed by atoms with Crippen molar-refractivity contribution in [3.8, 4) is 0 Å². The van der Waals surface area contributed by atoms with Crippen LogP contribution in [0.5, 0.6) is 0 Å². The van der Waals surface area contributed by atoms with Gasteiger partial charge in [-0.15, -0.1) is 0 Å². The molecule has 22 heavy (non-hydrogen) atoms. The highest BCUT2D eigenvalue weighted by Crippen LogP contribution is 2.20. The first-order valence-corrected chi connectivity index (χ1v) is 8.53. The summed E-state index contributed by atoms with van der Waals surface area (Å²) in [5.41, 5.74) is 2.32. The van der Waals surface area contributed by atoms with Crippen molar-refractivity contribution in [3.05, 3.63) is 29.6 Å². The molecule has 122 valence electrons. The Hall–Kier alpha value is -1.58. The largest absolute Gasteiger partial charge is 0.357 e. The van der Waals surface area contributed by atoms with Gasteiger partial charge in [-0.25, -0.2) is 0 Å². The Morgan fingerprint density at radius 2 is 2.05 bits per heavy atom. The third-order valence-electron chi connectivity index (χ3n) is 4.14. The number of hydrogen-bond acceptors (Lipinski definition) is 2. The summed E-state index contributed by atoms with van der Waals surface area (Å²) in [5, 5.41) is 3.45. The van der Waals surface area contributed by atoms with E-state index in [-0.39, 0.29) is 0 Å². The van der Waals surface area contributed by atoms with Gasteiger partial charge in [0.1, 0.15) is 0 Å². The van der Waals surface area contributed by atoms with E-state index in [2.05, 4.69) is 48.1 Å². The quantitative estimate of drug-likeness (QED) is 0.687. The predicted molar refractivity (Wildman–Crippen MR) is 93.2 cm³/mol. The molecule has 2 atom stereocenters. The van der Waals surface area contributed by atoms with Gasteiger partial charge in [0.2, 0.25) is 0 Å². The molecule has 0 aromatic carbocycles. The Morgan fingerprint density at radius 1 is 1.32 bits per heavy atom. The second-order valence-electron chi connectivity index (χ2n) is 6.64. The number of aromatic nitrogens is 1. The number of aryl methyl sites for hydroxylation is 1. The number of nitrogens with zero attached hydrogens (tertiary/aromatic N) is 3. The molecule has 0 radical (unpaired) electrons. The Balaban J connectivity index is 1.95. The van der Waals surface area contributed by atoms with Crippen LogP contribution in [-0.4, -0.2) is 42.0 Å². The first kappa shape index (κ1) is 16.8. The molecule has 4 nitrogen and oxygen atoms in total. The normalized spacial score (nSPS) is 22.7. The smallest absolute Gasteiger partial charge is 0.193 e. The Kier molecular flexibility index (Phi) is 6.22. The molecule has 0 saturated carbocycles. The second kappa shape index (κ2) is 8.16. The van der Waals surface area contributed by atoms with E-state index in [1.54, 1.807) is 0 Å². The lowest BCUT2D eigenvalue weighted by atomic mass is 9.92. The average Bonchev–Trinajstić information content (AvgIpc) is 2.47. The summed E-state index contributed by atoms with van der Waals surface area (Å²) in [4.78, 5) is 11.6. The fourth-order valence-corrected chi connectivity index (χ4v) is 3.20. The molecule has 2 unspecified atom stereocenters. The van der Waals surface area contributed by atoms with E-state index in [1.807, 2.05) is 13.1 Å². The molecule has 0 amide bonds. The molecule has 1 N–H and O–H groups in total. The lowest BCUT2D eigenvalue weighted by molar-refractivity contribution is 0.208. The molecule has 1 fully saturated rings. The number of hydrogen-bond donors (Lipinski definition) is 1. The third-order valence-corrected chi connectivity index (χ3v) is 4.14. The number of piperidine rings is 1. The summed E-state index contributed by atoms with van der Waals surface area (Å²) >= 11 is 0. The van der Waals surface area contributed by atoms with Gasteiger partial charge in [0.05, 0.1) is 0 Å². The minimum Gasteiger partial charge on any atom is -0.357 e. The molecule has 0 aliphatic carbocycles. The molecule has 1 aliphatic heterocycles. The summed E-state index contributed by atoms with van der Waals surface area (Å²) in [5.74, 6) is 2.56. The fraction of sp³-hybridized carbons (Fsp3) is 0.667. The summed E-state index contributed by atoms with van der Waals surface area (Å²) in [6, 6.07) is 4.22. The van der Waals surface area contributed by atoms with E-state index in [1.165, 1.54) is 12.0 Å². The first-order chi connectivity index (χ1) is 10.6. The van der Waals surface area contributed by atoms with E-state index in [0.717, 1.165) is 56.1 Å². The fourth-order valence-electron chi connectivity index (χ4n) is 3.20. The molecule has 1 aromatic heterocycles. The molecule has 2 heterocycles. The Morgan fingerprint density at radius 3 is 2.64 bits per heavy atom. The molecular weight excluding hydrogens is 272 g/mol. The molecule has 1 aromatic rings. The minimum absolute atomic E-state index is 0.744. The maximum Gasteiger partial charge on any atom is 0.193 e. The molecule has 1 saturated heterocycles. The summed E-state index contributed by atoms with van der Waals surface area (Å²) < 4.78 is 0. The molecule has 4 heteroatoms. The highest BCUT2D eigenvalue weighted by Gasteiger charge is 2.23. The molecule has 0 spiro atoms. The van der Waals surface area contributed by atoms with Crippen LogP contribution >= 0.6 is 0 Å². The van der Waals surface area contributed by atoms with Crippen LogP contribution in [0.25, 0.3) is 0 Å². The van der Waals surface area contributed by atoms with Crippen LogP contribution < -0.4 is 5.32 Å². The minimum atomic E-state index is 0.744. The molecule has 0 bridgehead atoms. The highest BCUT2D eigenvalue weighted by molar-refractivity contribution is 5.80. The number of likely N-dealkylation sites (tertiary alicyclic amines) is 1. The number of guanidine groups is 1. The van der Waals surface area contributed by atoms with Crippen molar-refractivity contribution in [1.82, 2.24) is 15.2 Å². The standard InChI is InChI=1S/C18H30N4/c1-5-19-18(22-12-14(2)10-15(3)13-22)20-9-8-17-7-6-16(4)21-11-17/h6-7,11,14-15H,5,8-10,12-13H2,1-4H3,(H,19,20). The maximum atomic E-state index is 4.83. The zero-order chi connectivity index (χ0) is 15.9. The first-order valence-electron chi connectivity index (χ1n) is 8.53. The molecule has 1 aliphatic rings. The second-order valence-corrected chi connectivity index (χ2v) is 6.64. The lowest BCUT2D eigenvalue weighted by Gasteiger charge is -2.37. The van der Waals surface area contributed by atoms with E-state index in [9.17, 15) is 0 Å². The number of pyridine rings is 1. The van der Waals surface area contributed by atoms with Gasteiger partial charge in [-0.3, -0.25) is 9.98 Å². The van der Waals surface area contributed by atoms with Gasteiger partial charge >= 0.3 is 0 Å². The van der Waals surface area contributed by atoms with E-state index >= 15 is 0 Å². The van der Waals surface area contributed by atoms with Gasteiger partial charge < -0.3 is 10.2 Å². The number of rotatable bonds is 4. The van der Waals surface area contributed by atoms with Crippen molar-refractivity contribution in [1.29, 1.82) is 0 Å². The van der Waals surface area contributed by atoms with Crippen LogP contribution in [0.4, 0.5) is 0 Å². The van der Waals surface area contributed by atoms with Crippen molar-refractivity contribution < 1.29 is 0 Å². The topological polar surface area (TPSA) is 40.5 Å². The van der Waals surface area contributed by atoms with Gasteiger partial charge in [0.15, 0.2) is 5.96 Å².